The van der Waals surface area contributed by atoms with Crippen LogP contribution in [-0.2, 0) is 16.0 Å². The summed E-state index contributed by atoms with van der Waals surface area (Å²) in [6.45, 7) is 4.21. The van der Waals surface area contributed by atoms with Crippen LogP contribution < -0.4 is 10.6 Å². The van der Waals surface area contributed by atoms with Crippen LogP contribution in [0.1, 0.15) is 48.0 Å². The SMILES string of the molecule is CN(C)C(=O)c1cccc(NC2C(=O)C(=O)C2NC2c3occc3CCC2(C)C)c1O. The number of phenols is 1. The summed E-state index contributed by atoms with van der Waals surface area (Å²) in [6.07, 6.45) is 3.46. The molecule has 1 aromatic heterocycles. The number of furan rings is 1. The van der Waals surface area contributed by atoms with Crippen molar-refractivity contribution < 1.29 is 23.9 Å². The third-order valence-electron chi connectivity index (χ3n) is 6.33. The number of phenolic OH excluding ortho intramolecular Hbond substituents is 1. The predicted octanol–water partition coefficient (Wildman–Crippen LogP) is 2.29. The molecule has 1 fully saturated rings. The van der Waals surface area contributed by atoms with Gasteiger partial charge in [0.25, 0.3) is 5.91 Å². The van der Waals surface area contributed by atoms with Crippen molar-refractivity contribution in [2.75, 3.05) is 19.4 Å². The van der Waals surface area contributed by atoms with Gasteiger partial charge in [-0.15, -0.1) is 0 Å². The number of amides is 1. The minimum atomic E-state index is -0.848. The maximum atomic E-state index is 12.4. The molecule has 0 saturated heterocycles. The summed E-state index contributed by atoms with van der Waals surface area (Å²) in [5, 5.41) is 16.9. The van der Waals surface area contributed by atoms with Gasteiger partial charge >= 0.3 is 0 Å². The zero-order chi connectivity index (χ0) is 22.5. The standard InChI is InChI=1S/C23H27N3O5/c1-23(2)10-8-12-9-11-31-20(12)21(23)25-16-15(18(28)19(16)29)24-14-7-5-6-13(17(14)27)22(30)26(3)4/h5-7,9,11,15-16,21,24-25,27H,8,10H2,1-4H3. The first-order valence-electron chi connectivity index (χ1n) is 10.3. The van der Waals surface area contributed by atoms with Crippen molar-refractivity contribution in [3.8, 4) is 5.75 Å². The van der Waals surface area contributed by atoms with E-state index in [2.05, 4.69) is 24.5 Å². The average Bonchev–Trinajstić information content (AvgIpc) is 3.20. The molecule has 0 aliphatic heterocycles. The van der Waals surface area contributed by atoms with E-state index in [9.17, 15) is 19.5 Å². The number of carbonyl (C=O) groups excluding carboxylic acids is 3. The highest BCUT2D eigenvalue weighted by Crippen LogP contribution is 2.45. The van der Waals surface area contributed by atoms with E-state index < -0.39 is 23.7 Å². The van der Waals surface area contributed by atoms with Crippen molar-refractivity contribution in [1.82, 2.24) is 10.2 Å². The topological polar surface area (TPSA) is 112 Å². The fraction of sp³-hybridized carbons (Fsp3) is 0.435. The fourth-order valence-corrected chi connectivity index (χ4v) is 4.32. The van der Waals surface area contributed by atoms with Crippen LogP contribution in [0.4, 0.5) is 5.69 Å². The normalized spacial score (nSPS) is 24.3. The van der Waals surface area contributed by atoms with Gasteiger partial charge in [-0.2, -0.15) is 0 Å². The minimum absolute atomic E-state index is 0.117. The Morgan fingerprint density at radius 2 is 1.87 bits per heavy atom. The van der Waals surface area contributed by atoms with Gasteiger partial charge < -0.3 is 19.7 Å². The van der Waals surface area contributed by atoms with Crippen molar-refractivity contribution in [2.45, 2.75) is 44.8 Å². The molecule has 8 nitrogen and oxygen atoms in total. The Kier molecular flexibility index (Phi) is 5.13. The number of rotatable bonds is 5. The van der Waals surface area contributed by atoms with Crippen LogP contribution in [0.25, 0.3) is 0 Å². The van der Waals surface area contributed by atoms with Gasteiger partial charge in [-0.25, -0.2) is 0 Å². The molecule has 31 heavy (non-hydrogen) atoms. The van der Waals surface area contributed by atoms with Crippen LogP contribution in [0.15, 0.2) is 34.9 Å². The van der Waals surface area contributed by atoms with Crippen molar-refractivity contribution in [2.24, 2.45) is 5.41 Å². The number of nitrogens with zero attached hydrogens (tertiary/aromatic N) is 1. The van der Waals surface area contributed by atoms with E-state index >= 15 is 0 Å². The lowest BCUT2D eigenvalue weighted by atomic mass is 9.71. The molecule has 3 unspecified atom stereocenters. The lowest BCUT2D eigenvalue weighted by Gasteiger charge is -2.43. The molecule has 2 aromatic rings. The second-order valence-electron chi connectivity index (χ2n) is 9.13. The fourth-order valence-electron chi connectivity index (χ4n) is 4.32. The molecule has 1 heterocycles. The molecule has 1 amide bonds. The number of benzene rings is 1. The second-order valence-corrected chi connectivity index (χ2v) is 9.13. The number of ketones is 2. The van der Waals surface area contributed by atoms with Gasteiger partial charge in [0.1, 0.15) is 17.8 Å². The molecule has 0 radical (unpaired) electrons. The third kappa shape index (κ3) is 3.50. The number of carbonyl (C=O) groups is 3. The zero-order valence-corrected chi connectivity index (χ0v) is 18.1. The lowest BCUT2D eigenvalue weighted by Crippen LogP contribution is -2.68. The zero-order valence-electron chi connectivity index (χ0n) is 18.1. The van der Waals surface area contributed by atoms with Crippen LogP contribution in [0.2, 0.25) is 0 Å². The van der Waals surface area contributed by atoms with E-state index in [0.717, 1.165) is 24.2 Å². The highest BCUT2D eigenvalue weighted by atomic mass is 16.3. The van der Waals surface area contributed by atoms with Crippen LogP contribution in [0.5, 0.6) is 5.75 Å². The van der Waals surface area contributed by atoms with Crippen molar-refractivity contribution in [3.05, 3.63) is 47.4 Å². The number of anilines is 1. The van der Waals surface area contributed by atoms with Crippen molar-refractivity contribution in [1.29, 1.82) is 0 Å². The van der Waals surface area contributed by atoms with Gasteiger partial charge in [0.05, 0.1) is 23.6 Å². The Morgan fingerprint density at radius 3 is 2.58 bits per heavy atom. The quantitative estimate of drug-likeness (QED) is 0.498. The number of aromatic hydroxyl groups is 1. The van der Waals surface area contributed by atoms with Gasteiger partial charge in [0, 0.05) is 14.1 Å². The monoisotopic (exact) mass is 425 g/mol. The largest absolute Gasteiger partial charge is 0.505 e. The molecule has 8 heteroatoms. The molecule has 2 aliphatic rings. The Morgan fingerprint density at radius 1 is 1.16 bits per heavy atom. The molecule has 0 spiro atoms. The van der Waals surface area contributed by atoms with E-state index in [1.165, 1.54) is 11.0 Å². The second kappa shape index (κ2) is 7.53. The Labute approximate surface area is 180 Å². The van der Waals surface area contributed by atoms with Crippen LogP contribution in [0.3, 0.4) is 0 Å². The van der Waals surface area contributed by atoms with Gasteiger partial charge in [-0.3, -0.25) is 19.7 Å². The van der Waals surface area contributed by atoms with Crippen molar-refractivity contribution >= 4 is 23.2 Å². The van der Waals surface area contributed by atoms with E-state index in [1.807, 2.05) is 6.07 Å². The first-order valence-corrected chi connectivity index (χ1v) is 10.3. The van der Waals surface area contributed by atoms with E-state index in [0.29, 0.717) is 0 Å². The highest BCUT2D eigenvalue weighted by molar-refractivity contribution is 6.49. The Bertz CT molecular complexity index is 1060. The summed E-state index contributed by atoms with van der Waals surface area (Å²) in [4.78, 5) is 38.5. The number of para-hydroxylation sites is 1. The molecular formula is C23H27N3O5. The van der Waals surface area contributed by atoms with Crippen LogP contribution in [0, 0.1) is 5.41 Å². The van der Waals surface area contributed by atoms with E-state index in [-0.39, 0.29) is 34.4 Å². The van der Waals surface area contributed by atoms with Crippen LogP contribution in [-0.4, -0.2) is 53.7 Å². The molecule has 4 rings (SSSR count). The maximum absolute atomic E-state index is 12.4. The maximum Gasteiger partial charge on any atom is 0.257 e. The average molecular weight is 425 g/mol. The summed E-state index contributed by atoms with van der Waals surface area (Å²) in [7, 11) is 3.18. The predicted molar refractivity (Wildman–Crippen MR) is 114 cm³/mol. The number of fused-ring (bicyclic) bond motifs is 1. The highest BCUT2D eigenvalue weighted by Gasteiger charge is 2.52. The first-order chi connectivity index (χ1) is 14.6. The lowest BCUT2D eigenvalue weighted by molar-refractivity contribution is -0.146. The van der Waals surface area contributed by atoms with Gasteiger partial charge in [0.15, 0.2) is 5.75 Å². The summed E-state index contributed by atoms with van der Waals surface area (Å²) in [5.41, 5.74) is 1.28. The molecule has 3 N–H and O–H groups in total. The molecule has 164 valence electrons. The smallest absolute Gasteiger partial charge is 0.257 e. The Balaban J connectivity index is 1.58. The van der Waals surface area contributed by atoms with E-state index in [1.54, 1.807) is 32.5 Å². The first kappa shape index (κ1) is 21.1. The number of Topliss-reactive ketones (excluding diaryl/α,β-unsaturated/α-hetero) is 2. The summed E-state index contributed by atoms with van der Waals surface area (Å²) in [5.74, 6) is -0.885. The number of nitrogens with one attached hydrogen (secondary N) is 2. The van der Waals surface area contributed by atoms with E-state index in [4.69, 9.17) is 4.42 Å². The van der Waals surface area contributed by atoms with Crippen LogP contribution >= 0.6 is 0 Å². The summed E-state index contributed by atoms with van der Waals surface area (Å²) >= 11 is 0. The number of hydrogen-bond acceptors (Lipinski definition) is 7. The Hall–Kier alpha value is -3.13. The summed E-state index contributed by atoms with van der Waals surface area (Å²) in [6, 6.07) is 4.80. The molecule has 2 aliphatic carbocycles. The molecule has 1 saturated carbocycles. The van der Waals surface area contributed by atoms with Gasteiger partial charge in [0.2, 0.25) is 11.6 Å². The number of hydrogen-bond donors (Lipinski definition) is 3. The minimum Gasteiger partial charge on any atom is -0.505 e. The van der Waals surface area contributed by atoms with Gasteiger partial charge in [-0.05, 0) is 42.0 Å². The molecular weight excluding hydrogens is 398 g/mol. The molecule has 0 bridgehead atoms. The van der Waals surface area contributed by atoms with Gasteiger partial charge in [-0.1, -0.05) is 19.9 Å². The molecule has 1 aromatic carbocycles. The molecule has 3 atom stereocenters. The third-order valence-corrected chi connectivity index (χ3v) is 6.33. The summed E-state index contributed by atoms with van der Waals surface area (Å²) < 4.78 is 5.71. The van der Waals surface area contributed by atoms with Crippen molar-refractivity contribution in [3.63, 3.8) is 0 Å². The number of aryl methyl sites for hydroxylation is 1.